The fourth-order valence-electron chi connectivity index (χ4n) is 2.44. The Labute approximate surface area is 121 Å². The lowest BCUT2D eigenvalue weighted by molar-refractivity contribution is -0.121. The molecule has 0 aromatic rings. The van der Waals surface area contributed by atoms with Crippen LogP contribution in [0.25, 0.3) is 0 Å². The number of urea groups is 1. The number of nitrogens with one attached hydrogen (secondary N) is 2. The fourth-order valence-corrected chi connectivity index (χ4v) is 2.44. The Morgan fingerprint density at radius 3 is 2.55 bits per heavy atom. The maximum absolute atomic E-state index is 11.8. The first kappa shape index (κ1) is 16.9. The molecule has 0 aromatic heterocycles. The van der Waals surface area contributed by atoms with E-state index in [-0.39, 0.29) is 24.0 Å². The minimum atomic E-state index is -0.441. The molecule has 3 amide bonds. The standard InChI is InChI=1S/C14H28N4O2/c1-5-10-8-18(7-6-11(10)15)9-12(19)16-13(20)17-14(2,3)4/h10-11H,5-9,15H2,1-4H3,(H2,16,17,19,20). The first-order chi connectivity index (χ1) is 9.21. The molecule has 116 valence electrons. The Morgan fingerprint density at radius 1 is 1.35 bits per heavy atom. The van der Waals surface area contributed by atoms with Crippen LogP contribution in [0.5, 0.6) is 0 Å². The van der Waals surface area contributed by atoms with Gasteiger partial charge >= 0.3 is 6.03 Å². The molecule has 1 rings (SSSR count). The molecule has 1 heterocycles. The molecule has 6 nitrogen and oxygen atoms in total. The lowest BCUT2D eigenvalue weighted by Gasteiger charge is -2.36. The van der Waals surface area contributed by atoms with Gasteiger partial charge in [0.15, 0.2) is 0 Å². The number of nitrogens with two attached hydrogens (primary N) is 1. The topological polar surface area (TPSA) is 87.5 Å². The van der Waals surface area contributed by atoms with Crippen molar-refractivity contribution in [3.8, 4) is 0 Å². The highest BCUT2D eigenvalue weighted by Crippen LogP contribution is 2.17. The van der Waals surface area contributed by atoms with Crippen molar-refractivity contribution in [3.05, 3.63) is 0 Å². The van der Waals surface area contributed by atoms with Crippen LogP contribution in [-0.4, -0.2) is 48.1 Å². The molecule has 6 heteroatoms. The van der Waals surface area contributed by atoms with Crippen molar-refractivity contribution in [3.63, 3.8) is 0 Å². The lowest BCUT2D eigenvalue weighted by atomic mass is 9.91. The molecule has 1 aliphatic rings. The predicted octanol–water partition coefficient (Wildman–Crippen LogP) is 0.670. The van der Waals surface area contributed by atoms with Crippen molar-refractivity contribution >= 4 is 11.9 Å². The molecule has 1 aliphatic heterocycles. The number of hydrogen-bond acceptors (Lipinski definition) is 4. The number of carbonyl (C=O) groups is 2. The molecule has 0 aromatic carbocycles. The summed E-state index contributed by atoms with van der Waals surface area (Å²) in [7, 11) is 0. The molecule has 4 N–H and O–H groups in total. The van der Waals surface area contributed by atoms with E-state index in [2.05, 4.69) is 22.5 Å². The van der Waals surface area contributed by atoms with Gasteiger partial charge in [-0.2, -0.15) is 0 Å². The Kier molecular flexibility index (Phi) is 5.95. The van der Waals surface area contributed by atoms with Crippen LogP contribution < -0.4 is 16.4 Å². The van der Waals surface area contributed by atoms with E-state index >= 15 is 0 Å². The third-order valence-corrected chi connectivity index (χ3v) is 3.51. The van der Waals surface area contributed by atoms with E-state index < -0.39 is 6.03 Å². The van der Waals surface area contributed by atoms with Crippen LogP contribution in [0.3, 0.4) is 0 Å². The SMILES string of the molecule is CCC1CN(CC(=O)NC(=O)NC(C)(C)C)CCC1N. The highest BCUT2D eigenvalue weighted by molar-refractivity contribution is 5.95. The van der Waals surface area contributed by atoms with Gasteiger partial charge in [0.2, 0.25) is 5.91 Å². The summed E-state index contributed by atoms with van der Waals surface area (Å²) >= 11 is 0. The van der Waals surface area contributed by atoms with Crippen molar-refractivity contribution in [2.24, 2.45) is 11.7 Å². The van der Waals surface area contributed by atoms with Crippen LogP contribution in [0.4, 0.5) is 4.79 Å². The molecule has 2 unspecified atom stereocenters. The summed E-state index contributed by atoms with van der Waals surface area (Å²) < 4.78 is 0. The maximum Gasteiger partial charge on any atom is 0.321 e. The number of piperidine rings is 1. The van der Waals surface area contributed by atoms with E-state index in [1.165, 1.54) is 0 Å². The number of likely N-dealkylation sites (tertiary alicyclic amines) is 1. The highest BCUT2D eigenvalue weighted by atomic mass is 16.2. The molecule has 0 bridgehead atoms. The first-order valence-corrected chi connectivity index (χ1v) is 7.31. The minimum Gasteiger partial charge on any atom is -0.333 e. The van der Waals surface area contributed by atoms with Crippen LogP contribution in [-0.2, 0) is 4.79 Å². The van der Waals surface area contributed by atoms with Crippen LogP contribution in [0.2, 0.25) is 0 Å². The minimum absolute atomic E-state index is 0.225. The lowest BCUT2D eigenvalue weighted by Crippen LogP contribution is -2.53. The maximum atomic E-state index is 11.8. The van der Waals surface area contributed by atoms with Gasteiger partial charge in [-0.3, -0.25) is 15.0 Å². The largest absolute Gasteiger partial charge is 0.333 e. The summed E-state index contributed by atoms with van der Waals surface area (Å²) in [6.45, 7) is 9.61. The van der Waals surface area contributed by atoms with Crippen molar-refractivity contribution in [1.82, 2.24) is 15.5 Å². The second kappa shape index (κ2) is 7.04. The molecule has 0 saturated carbocycles. The van der Waals surface area contributed by atoms with Crippen molar-refractivity contribution in [1.29, 1.82) is 0 Å². The summed E-state index contributed by atoms with van der Waals surface area (Å²) in [5.74, 6) is 0.164. The Morgan fingerprint density at radius 2 is 2.00 bits per heavy atom. The zero-order valence-electron chi connectivity index (χ0n) is 13.0. The van der Waals surface area contributed by atoms with Gasteiger partial charge in [-0.1, -0.05) is 13.3 Å². The highest BCUT2D eigenvalue weighted by Gasteiger charge is 2.26. The van der Waals surface area contributed by atoms with E-state index in [1.54, 1.807) is 0 Å². The third kappa shape index (κ3) is 5.88. The van der Waals surface area contributed by atoms with Crippen molar-refractivity contribution in [2.45, 2.75) is 52.1 Å². The van der Waals surface area contributed by atoms with Crippen LogP contribution in [0, 0.1) is 5.92 Å². The number of nitrogens with zero attached hydrogens (tertiary/aromatic N) is 1. The average Bonchev–Trinajstić information content (AvgIpc) is 2.28. The number of carbonyl (C=O) groups excluding carboxylic acids is 2. The smallest absolute Gasteiger partial charge is 0.321 e. The number of hydrogen-bond donors (Lipinski definition) is 3. The second-order valence-electron chi connectivity index (χ2n) is 6.61. The van der Waals surface area contributed by atoms with E-state index in [1.807, 2.05) is 20.8 Å². The number of rotatable bonds is 3. The van der Waals surface area contributed by atoms with Gasteiger partial charge in [-0.15, -0.1) is 0 Å². The number of imide groups is 1. The summed E-state index contributed by atoms with van der Waals surface area (Å²) in [6.07, 6.45) is 1.92. The molecule has 2 atom stereocenters. The summed E-state index contributed by atoms with van der Waals surface area (Å²) in [4.78, 5) is 25.5. The van der Waals surface area contributed by atoms with Crippen molar-refractivity contribution < 1.29 is 9.59 Å². The molecular weight excluding hydrogens is 256 g/mol. The summed E-state index contributed by atoms with van der Waals surface area (Å²) in [6, 6.07) is -0.216. The third-order valence-electron chi connectivity index (χ3n) is 3.51. The van der Waals surface area contributed by atoms with Crippen LogP contribution >= 0.6 is 0 Å². The Balaban J connectivity index is 2.37. The van der Waals surface area contributed by atoms with Gasteiger partial charge in [0.1, 0.15) is 0 Å². The molecule has 20 heavy (non-hydrogen) atoms. The first-order valence-electron chi connectivity index (χ1n) is 7.31. The van der Waals surface area contributed by atoms with Gasteiger partial charge in [-0.05, 0) is 33.1 Å². The van der Waals surface area contributed by atoms with Gasteiger partial charge < -0.3 is 11.1 Å². The van der Waals surface area contributed by atoms with E-state index in [4.69, 9.17) is 5.73 Å². The van der Waals surface area contributed by atoms with Gasteiger partial charge in [0.05, 0.1) is 6.54 Å². The second-order valence-corrected chi connectivity index (χ2v) is 6.61. The molecule has 1 fully saturated rings. The van der Waals surface area contributed by atoms with Crippen LogP contribution in [0.15, 0.2) is 0 Å². The zero-order chi connectivity index (χ0) is 15.3. The Bertz CT molecular complexity index is 352. The monoisotopic (exact) mass is 284 g/mol. The van der Waals surface area contributed by atoms with E-state index in [0.29, 0.717) is 5.92 Å². The fraction of sp³-hybridized carbons (Fsp3) is 0.857. The summed E-state index contributed by atoms with van der Waals surface area (Å²) in [5.41, 5.74) is 5.69. The summed E-state index contributed by atoms with van der Waals surface area (Å²) in [5, 5.41) is 5.07. The van der Waals surface area contributed by atoms with Crippen LogP contribution in [0.1, 0.15) is 40.5 Å². The zero-order valence-corrected chi connectivity index (χ0v) is 13.0. The quantitative estimate of drug-likeness (QED) is 0.711. The molecule has 0 aliphatic carbocycles. The van der Waals surface area contributed by atoms with E-state index in [9.17, 15) is 9.59 Å². The molecule has 1 saturated heterocycles. The van der Waals surface area contributed by atoms with Gasteiger partial charge in [0, 0.05) is 24.7 Å². The predicted molar refractivity (Wildman–Crippen MR) is 79.2 cm³/mol. The van der Waals surface area contributed by atoms with E-state index in [0.717, 1.165) is 25.9 Å². The molecule has 0 spiro atoms. The van der Waals surface area contributed by atoms with Gasteiger partial charge in [-0.25, -0.2) is 4.79 Å². The number of amides is 3. The molecule has 0 radical (unpaired) electrons. The normalized spacial score (nSPS) is 24.2. The van der Waals surface area contributed by atoms with Crippen molar-refractivity contribution in [2.75, 3.05) is 19.6 Å². The molecular formula is C14H28N4O2. The average molecular weight is 284 g/mol. The Hall–Kier alpha value is -1.14. The van der Waals surface area contributed by atoms with Gasteiger partial charge in [0.25, 0.3) is 0 Å².